The van der Waals surface area contributed by atoms with Gasteiger partial charge in [0.15, 0.2) is 0 Å². The van der Waals surface area contributed by atoms with Crippen LogP contribution in [0.15, 0.2) is 0 Å². The SMILES string of the molecule is O[Si](O)(O)O.[CaH2].[GaH3]. The Morgan fingerprint density at radius 3 is 0.857 bits per heavy atom. The van der Waals surface area contributed by atoms with Gasteiger partial charge in [0.1, 0.15) is 0 Å². The summed E-state index contributed by atoms with van der Waals surface area (Å²) in [5.74, 6) is 0. The summed E-state index contributed by atoms with van der Waals surface area (Å²) in [6.45, 7) is 0. The molecular weight excluding hydrogens is 202 g/mol. The number of rotatable bonds is 0. The first kappa shape index (κ1) is 16.0. The van der Waals surface area contributed by atoms with E-state index < -0.39 is 9.05 Å². The van der Waals surface area contributed by atoms with Crippen LogP contribution in [0, 0.1) is 0 Å². The first-order valence-corrected chi connectivity index (χ1v) is 2.68. The summed E-state index contributed by atoms with van der Waals surface area (Å²) >= 11 is 0. The van der Waals surface area contributed by atoms with Gasteiger partial charge in [-0.05, 0) is 0 Å². The molecule has 0 bridgehead atoms. The summed E-state index contributed by atoms with van der Waals surface area (Å²) < 4.78 is 0. The zero-order valence-corrected chi connectivity index (χ0v) is 3.29. The standard InChI is InChI=1S/Ca.Ga.H4O4Si.5H/c;;1-5(2,3)4;;;;;/h;;1-4H;;;;;. The van der Waals surface area contributed by atoms with E-state index in [2.05, 4.69) is 0 Å². The Hall–Kier alpha value is 1.95. The number of hydrogen-bond donors (Lipinski definition) is 4. The van der Waals surface area contributed by atoms with Crippen LogP contribution in [0.25, 0.3) is 0 Å². The van der Waals surface area contributed by atoms with Crippen molar-refractivity contribution in [1.29, 1.82) is 0 Å². The summed E-state index contributed by atoms with van der Waals surface area (Å²) in [5, 5.41) is 0. The van der Waals surface area contributed by atoms with Gasteiger partial charge in [0.25, 0.3) is 0 Å². The van der Waals surface area contributed by atoms with Crippen LogP contribution in [0.5, 0.6) is 0 Å². The van der Waals surface area contributed by atoms with Gasteiger partial charge >= 0.3 is 66.6 Å². The average molecular weight is 211 g/mol. The molecule has 4 N–H and O–H groups in total. The van der Waals surface area contributed by atoms with E-state index in [1.807, 2.05) is 0 Å². The van der Waals surface area contributed by atoms with E-state index in [4.69, 9.17) is 19.2 Å². The first-order valence-electron chi connectivity index (χ1n) is 0.894. The molecule has 0 aromatic heterocycles. The van der Waals surface area contributed by atoms with Crippen molar-refractivity contribution in [3.8, 4) is 0 Å². The van der Waals surface area contributed by atoms with Gasteiger partial charge in [-0.2, -0.15) is 0 Å². The third kappa shape index (κ3) is 73.9. The van der Waals surface area contributed by atoms with E-state index in [1.54, 1.807) is 0 Å². The van der Waals surface area contributed by atoms with Crippen molar-refractivity contribution in [2.75, 3.05) is 0 Å². The molecule has 0 saturated heterocycles. The molecule has 0 amide bonds. The predicted molar refractivity (Wildman–Crippen MR) is 33.1 cm³/mol. The minimum atomic E-state index is -4.61. The second kappa shape index (κ2) is 6.08. The first-order chi connectivity index (χ1) is 2.00. The molecule has 0 saturated carbocycles. The summed E-state index contributed by atoms with van der Waals surface area (Å²) in [6, 6.07) is 0. The molecule has 0 radical (unpaired) electrons. The fourth-order valence-electron chi connectivity index (χ4n) is 0. The topological polar surface area (TPSA) is 80.9 Å². The van der Waals surface area contributed by atoms with E-state index in [0.717, 1.165) is 0 Å². The zero-order chi connectivity index (χ0) is 4.50. The molecular formula is H9CaGaO4Si. The summed E-state index contributed by atoms with van der Waals surface area (Å²) in [4.78, 5) is 29.3. The molecule has 0 heterocycles. The van der Waals surface area contributed by atoms with Gasteiger partial charge in [-0.1, -0.05) is 0 Å². The summed E-state index contributed by atoms with van der Waals surface area (Å²) in [5.41, 5.74) is 0. The third-order valence-electron chi connectivity index (χ3n) is 0. The van der Waals surface area contributed by atoms with Crippen molar-refractivity contribution in [2.24, 2.45) is 0 Å². The van der Waals surface area contributed by atoms with Crippen LogP contribution in [-0.4, -0.2) is 85.8 Å². The molecule has 0 aliphatic carbocycles. The molecule has 4 nitrogen and oxygen atoms in total. The van der Waals surface area contributed by atoms with Crippen molar-refractivity contribution in [3.63, 3.8) is 0 Å². The Bertz CT molecular complexity index is 27.2. The van der Waals surface area contributed by atoms with Crippen molar-refractivity contribution in [3.05, 3.63) is 0 Å². The molecule has 42 valence electrons. The van der Waals surface area contributed by atoms with Gasteiger partial charge < -0.3 is 19.2 Å². The van der Waals surface area contributed by atoms with Crippen molar-refractivity contribution in [1.82, 2.24) is 0 Å². The normalized spacial score (nSPS) is 8.57. The Kier molecular flexibility index (Phi) is 13.9. The van der Waals surface area contributed by atoms with Crippen molar-refractivity contribution < 1.29 is 19.2 Å². The van der Waals surface area contributed by atoms with Gasteiger partial charge in [-0.25, -0.2) is 0 Å². The average Bonchev–Trinajstić information content (AvgIpc) is 0.722. The predicted octanol–water partition coefficient (Wildman–Crippen LogP) is -4.71. The van der Waals surface area contributed by atoms with Crippen LogP contribution in [0.3, 0.4) is 0 Å². The molecule has 0 aromatic carbocycles. The molecule has 0 aromatic rings. The van der Waals surface area contributed by atoms with Gasteiger partial charge in [0.05, 0.1) is 0 Å². The second-order valence-corrected chi connectivity index (χ2v) is 1.80. The van der Waals surface area contributed by atoms with E-state index >= 15 is 0 Å². The quantitative estimate of drug-likeness (QED) is 0.303. The number of hydrogen-bond acceptors (Lipinski definition) is 4. The van der Waals surface area contributed by atoms with Crippen LogP contribution in [0.2, 0.25) is 0 Å². The van der Waals surface area contributed by atoms with E-state index in [1.165, 1.54) is 0 Å². The Labute approximate surface area is 84.7 Å². The van der Waals surface area contributed by atoms with Crippen LogP contribution in [0.1, 0.15) is 0 Å². The van der Waals surface area contributed by atoms with E-state index in [0.29, 0.717) is 0 Å². The van der Waals surface area contributed by atoms with Gasteiger partial charge in [0, 0.05) is 0 Å². The van der Waals surface area contributed by atoms with Crippen LogP contribution < -0.4 is 0 Å². The Morgan fingerprint density at radius 2 is 0.857 bits per heavy atom. The molecule has 0 fully saturated rings. The van der Waals surface area contributed by atoms with Crippen LogP contribution >= 0.6 is 0 Å². The molecule has 0 aliphatic heterocycles. The second-order valence-electron chi connectivity index (χ2n) is 0.600. The Balaban J connectivity index is -0.0000000800. The molecule has 0 aliphatic rings. The molecule has 0 rings (SSSR count). The molecule has 7 heavy (non-hydrogen) atoms. The van der Waals surface area contributed by atoms with Crippen LogP contribution in [0.4, 0.5) is 0 Å². The fourth-order valence-corrected chi connectivity index (χ4v) is 0. The molecule has 7 heteroatoms. The fraction of sp³-hybridized carbons (Fsp3) is 0. The molecule has 0 spiro atoms. The van der Waals surface area contributed by atoms with Gasteiger partial charge in [-0.3, -0.25) is 0 Å². The minimum absolute atomic E-state index is 0. The van der Waals surface area contributed by atoms with Gasteiger partial charge in [-0.15, -0.1) is 0 Å². The molecule has 0 unspecified atom stereocenters. The maximum atomic E-state index is 7.33. The summed E-state index contributed by atoms with van der Waals surface area (Å²) in [7, 11) is -4.61. The maximum absolute atomic E-state index is 7.33. The van der Waals surface area contributed by atoms with E-state index in [9.17, 15) is 0 Å². The van der Waals surface area contributed by atoms with Crippen molar-refractivity contribution >= 4 is 66.6 Å². The van der Waals surface area contributed by atoms with Crippen LogP contribution in [-0.2, 0) is 0 Å². The zero-order valence-electron chi connectivity index (χ0n) is 2.29. The Morgan fingerprint density at radius 1 is 0.857 bits per heavy atom. The summed E-state index contributed by atoms with van der Waals surface area (Å²) in [6.07, 6.45) is 0. The van der Waals surface area contributed by atoms with E-state index in [-0.39, 0.29) is 57.5 Å². The monoisotopic (exact) mass is 210 g/mol. The molecule has 0 atom stereocenters. The van der Waals surface area contributed by atoms with Gasteiger partial charge in [0.2, 0.25) is 0 Å². The van der Waals surface area contributed by atoms with Crippen molar-refractivity contribution in [2.45, 2.75) is 0 Å². The third-order valence-corrected chi connectivity index (χ3v) is 0.